The molecular formula is C15H13FN4. The van der Waals surface area contributed by atoms with Gasteiger partial charge in [0.2, 0.25) is 5.95 Å². The molecule has 0 bridgehead atoms. The van der Waals surface area contributed by atoms with Gasteiger partial charge in [-0.25, -0.2) is 14.4 Å². The quantitative estimate of drug-likeness (QED) is 0.680. The molecule has 0 amide bonds. The smallest absolute Gasteiger partial charge is 0.212 e. The molecule has 3 heterocycles. The molecular weight excluding hydrogens is 255 g/mol. The van der Waals surface area contributed by atoms with Crippen LogP contribution in [0.15, 0.2) is 42.6 Å². The van der Waals surface area contributed by atoms with E-state index in [-0.39, 0.29) is 11.9 Å². The molecule has 0 saturated carbocycles. The molecule has 0 radical (unpaired) electrons. The summed E-state index contributed by atoms with van der Waals surface area (Å²) in [5.41, 5.74) is 2.26. The van der Waals surface area contributed by atoms with Gasteiger partial charge in [0, 0.05) is 12.7 Å². The van der Waals surface area contributed by atoms with E-state index in [2.05, 4.69) is 16.9 Å². The van der Waals surface area contributed by atoms with Gasteiger partial charge < -0.3 is 4.90 Å². The SMILES string of the molecule is CC1Cn2c(nc3cccnc32)N1c1ccccc1F. The standard InChI is InChI=1S/C15H13FN4/c1-10-9-19-14-12(6-4-8-17-14)18-15(19)20(10)13-7-3-2-5-11(13)16/h2-8,10H,9H2,1H3. The number of rotatable bonds is 1. The minimum absolute atomic E-state index is 0.154. The number of pyridine rings is 1. The van der Waals surface area contributed by atoms with Crippen LogP contribution in [-0.2, 0) is 6.54 Å². The summed E-state index contributed by atoms with van der Waals surface area (Å²) < 4.78 is 16.1. The predicted molar refractivity (Wildman–Crippen MR) is 75.5 cm³/mol. The fourth-order valence-corrected chi connectivity index (χ4v) is 2.83. The van der Waals surface area contributed by atoms with Crippen LogP contribution in [0, 0.1) is 5.82 Å². The fraction of sp³-hybridized carbons (Fsp3) is 0.200. The summed E-state index contributed by atoms with van der Waals surface area (Å²) in [6, 6.07) is 10.7. The van der Waals surface area contributed by atoms with Crippen molar-refractivity contribution in [1.82, 2.24) is 14.5 Å². The minimum atomic E-state index is -0.229. The molecule has 0 aliphatic carbocycles. The molecule has 0 fully saturated rings. The lowest BCUT2D eigenvalue weighted by atomic mass is 10.2. The number of hydrogen-bond donors (Lipinski definition) is 0. The van der Waals surface area contributed by atoms with Gasteiger partial charge in [-0.3, -0.25) is 4.57 Å². The maximum Gasteiger partial charge on any atom is 0.212 e. The van der Waals surface area contributed by atoms with Crippen LogP contribution in [-0.4, -0.2) is 20.6 Å². The zero-order valence-electron chi connectivity index (χ0n) is 11.0. The molecule has 100 valence electrons. The van der Waals surface area contributed by atoms with Crippen LogP contribution in [0.2, 0.25) is 0 Å². The summed E-state index contributed by atoms with van der Waals surface area (Å²) in [7, 11) is 0. The molecule has 20 heavy (non-hydrogen) atoms. The van der Waals surface area contributed by atoms with E-state index in [4.69, 9.17) is 0 Å². The lowest BCUT2D eigenvalue weighted by molar-refractivity contribution is 0.612. The minimum Gasteiger partial charge on any atom is -0.304 e. The summed E-state index contributed by atoms with van der Waals surface area (Å²) in [6.07, 6.45) is 1.76. The molecule has 0 spiro atoms. The first-order chi connectivity index (χ1) is 9.75. The van der Waals surface area contributed by atoms with Gasteiger partial charge in [0.25, 0.3) is 0 Å². The van der Waals surface area contributed by atoms with E-state index in [9.17, 15) is 4.39 Å². The summed E-state index contributed by atoms with van der Waals surface area (Å²) in [5, 5.41) is 0. The average molecular weight is 268 g/mol. The molecule has 5 heteroatoms. The highest BCUT2D eigenvalue weighted by Crippen LogP contribution is 2.36. The first kappa shape index (κ1) is 11.4. The molecule has 1 atom stereocenters. The Balaban J connectivity index is 1.94. The summed E-state index contributed by atoms with van der Waals surface area (Å²) >= 11 is 0. The zero-order valence-corrected chi connectivity index (χ0v) is 11.0. The Bertz CT molecular complexity index is 795. The van der Waals surface area contributed by atoms with Crippen molar-refractivity contribution in [1.29, 1.82) is 0 Å². The van der Waals surface area contributed by atoms with Crippen molar-refractivity contribution in [3.05, 3.63) is 48.4 Å². The first-order valence-corrected chi connectivity index (χ1v) is 6.61. The molecule has 4 rings (SSSR count). The summed E-state index contributed by atoms with van der Waals surface area (Å²) in [6.45, 7) is 2.83. The van der Waals surface area contributed by atoms with Crippen molar-refractivity contribution in [2.45, 2.75) is 19.5 Å². The van der Waals surface area contributed by atoms with E-state index in [1.807, 2.05) is 27.7 Å². The Morgan fingerprint density at radius 1 is 1.20 bits per heavy atom. The van der Waals surface area contributed by atoms with Crippen LogP contribution < -0.4 is 4.90 Å². The predicted octanol–water partition coefficient (Wildman–Crippen LogP) is 3.11. The van der Waals surface area contributed by atoms with Gasteiger partial charge in [0.05, 0.1) is 11.7 Å². The molecule has 1 aliphatic rings. The Labute approximate surface area is 115 Å². The number of halogens is 1. The molecule has 4 nitrogen and oxygen atoms in total. The van der Waals surface area contributed by atoms with E-state index >= 15 is 0 Å². The maximum atomic E-state index is 14.1. The average Bonchev–Trinajstić information content (AvgIpc) is 2.95. The molecule has 3 aromatic rings. The number of nitrogens with zero attached hydrogens (tertiary/aromatic N) is 4. The van der Waals surface area contributed by atoms with E-state index in [0.717, 1.165) is 23.7 Å². The van der Waals surface area contributed by atoms with Crippen LogP contribution in [0.4, 0.5) is 16.0 Å². The molecule has 1 unspecified atom stereocenters. The third kappa shape index (κ3) is 1.46. The number of hydrogen-bond acceptors (Lipinski definition) is 3. The Hall–Kier alpha value is -2.43. The Morgan fingerprint density at radius 3 is 2.90 bits per heavy atom. The van der Waals surface area contributed by atoms with Crippen molar-refractivity contribution in [3.8, 4) is 0 Å². The first-order valence-electron chi connectivity index (χ1n) is 6.61. The van der Waals surface area contributed by atoms with Crippen molar-refractivity contribution in [3.63, 3.8) is 0 Å². The van der Waals surface area contributed by atoms with Crippen molar-refractivity contribution in [2.75, 3.05) is 4.90 Å². The second-order valence-electron chi connectivity index (χ2n) is 5.04. The van der Waals surface area contributed by atoms with Gasteiger partial charge in [0.15, 0.2) is 5.65 Å². The highest BCUT2D eigenvalue weighted by Gasteiger charge is 2.32. The van der Waals surface area contributed by atoms with Crippen LogP contribution in [0.1, 0.15) is 6.92 Å². The highest BCUT2D eigenvalue weighted by atomic mass is 19.1. The largest absolute Gasteiger partial charge is 0.304 e. The normalized spacial score (nSPS) is 17.7. The fourth-order valence-electron chi connectivity index (χ4n) is 2.83. The van der Waals surface area contributed by atoms with Crippen molar-refractivity contribution >= 4 is 22.8 Å². The van der Waals surface area contributed by atoms with Gasteiger partial charge in [-0.05, 0) is 31.2 Å². The van der Waals surface area contributed by atoms with Gasteiger partial charge in [-0.2, -0.15) is 0 Å². The monoisotopic (exact) mass is 268 g/mol. The Kier molecular flexibility index (Phi) is 2.30. The van der Waals surface area contributed by atoms with Crippen LogP contribution >= 0.6 is 0 Å². The number of aromatic nitrogens is 3. The maximum absolute atomic E-state index is 14.1. The van der Waals surface area contributed by atoms with E-state index in [1.165, 1.54) is 6.07 Å². The summed E-state index contributed by atoms with van der Waals surface area (Å²) in [5.74, 6) is 0.532. The van der Waals surface area contributed by atoms with Crippen molar-refractivity contribution in [2.24, 2.45) is 0 Å². The van der Waals surface area contributed by atoms with Gasteiger partial charge in [-0.15, -0.1) is 0 Å². The van der Waals surface area contributed by atoms with Gasteiger partial charge in [-0.1, -0.05) is 12.1 Å². The molecule has 1 aliphatic heterocycles. The molecule has 0 saturated heterocycles. The number of imidazole rings is 1. The topological polar surface area (TPSA) is 34.0 Å². The lowest BCUT2D eigenvalue weighted by Gasteiger charge is -2.22. The number of fused-ring (bicyclic) bond motifs is 3. The summed E-state index contributed by atoms with van der Waals surface area (Å²) in [4.78, 5) is 10.9. The number of anilines is 2. The molecule has 1 aromatic carbocycles. The zero-order chi connectivity index (χ0) is 13.7. The highest BCUT2D eigenvalue weighted by molar-refractivity contribution is 5.78. The number of benzene rings is 1. The van der Waals surface area contributed by atoms with Crippen LogP contribution in [0.25, 0.3) is 11.2 Å². The lowest BCUT2D eigenvalue weighted by Crippen LogP contribution is -2.25. The van der Waals surface area contributed by atoms with Crippen molar-refractivity contribution < 1.29 is 4.39 Å². The molecule has 0 N–H and O–H groups in total. The van der Waals surface area contributed by atoms with E-state index < -0.39 is 0 Å². The van der Waals surface area contributed by atoms with Crippen LogP contribution in [0.5, 0.6) is 0 Å². The molecule has 2 aromatic heterocycles. The van der Waals surface area contributed by atoms with Gasteiger partial charge >= 0.3 is 0 Å². The van der Waals surface area contributed by atoms with Crippen LogP contribution in [0.3, 0.4) is 0 Å². The second kappa shape index (κ2) is 4.03. The Morgan fingerprint density at radius 2 is 2.05 bits per heavy atom. The second-order valence-corrected chi connectivity index (χ2v) is 5.04. The van der Waals surface area contributed by atoms with E-state index in [0.29, 0.717) is 5.69 Å². The number of para-hydroxylation sites is 1. The van der Waals surface area contributed by atoms with Gasteiger partial charge in [0.1, 0.15) is 11.3 Å². The van der Waals surface area contributed by atoms with E-state index in [1.54, 1.807) is 18.3 Å². The third-order valence-electron chi connectivity index (χ3n) is 3.70. The third-order valence-corrected chi connectivity index (χ3v) is 3.70.